The summed E-state index contributed by atoms with van der Waals surface area (Å²) in [6.45, 7) is 1.90. The summed E-state index contributed by atoms with van der Waals surface area (Å²) >= 11 is 0. The van der Waals surface area contributed by atoms with Crippen molar-refractivity contribution < 1.29 is 9.53 Å². The first-order valence-electron chi connectivity index (χ1n) is 7.66. The largest absolute Gasteiger partial charge is 0.457 e. The standard InChI is InChI=1S/C18H20N2O2.ClH/c21-18(20-14-10-12-19-13-11-14)16-8-4-5-9-17(16)22-15-6-2-1-3-7-15;/h1-9,14,19H,10-13H2,(H,20,21);1H. The smallest absolute Gasteiger partial charge is 0.255 e. The molecule has 0 bridgehead atoms. The highest BCUT2D eigenvalue weighted by Crippen LogP contribution is 2.25. The van der Waals surface area contributed by atoms with Gasteiger partial charge in [0.2, 0.25) is 0 Å². The molecule has 1 aliphatic heterocycles. The predicted octanol–water partition coefficient (Wildman–Crippen LogP) is 3.38. The van der Waals surface area contributed by atoms with Gasteiger partial charge in [-0.15, -0.1) is 12.4 Å². The quantitative estimate of drug-likeness (QED) is 0.902. The number of nitrogens with one attached hydrogen (secondary N) is 2. The van der Waals surface area contributed by atoms with Gasteiger partial charge in [-0.25, -0.2) is 0 Å². The van der Waals surface area contributed by atoms with E-state index in [1.165, 1.54) is 0 Å². The summed E-state index contributed by atoms with van der Waals surface area (Å²) in [7, 11) is 0. The zero-order valence-electron chi connectivity index (χ0n) is 12.8. The molecule has 1 fully saturated rings. The molecule has 1 aliphatic rings. The van der Waals surface area contributed by atoms with Crippen molar-refractivity contribution in [2.24, 2.45) is 0 Å². The van der Waals surface area contributed by atoms with Crippen LogP contribution in [-0.4, -0.2) is 25.0 Å². The highest BCUT2D eigenvalue weighted by Gasteiger charge is 2.18. The van der Waals surface area contributed by atoms with Crippen LogP contribution >= 0.6 is 12.4 Å². The third-order valence-electron chi connectivity index (χ3n) is 3.78. The number of piperidine rings is 1. The van der Waals surface area contributed by atoms with Crippen molar-refractivity contribution in [3.8, 4) is 11.5 Å². The van der Waals surface area contributed by atoms with Gasteiger partial charge in [0.15, 0.2) is 0 Å². The molecule has 1 heterocycles. The van der Waals surface area contributed by atoms with Gasteiger partial charge in [-0.1, -0.05) is 30.3 Å². The van der Waals surface area contributed by atoms with Crippen LogP contribution in [0, 0.1) is 0 Å². The Kier molecular flexibility index (Phi) is 6.44. The van der Waals surface area contributed by atoms with Gasteiger partial charge in [-0.3, -0.25) is 4.79 Å². The summed E-state index contributed by atoms with van der Waals surface area (Å²) in [4.78, 5) is 12.5. The number of carbonyl (C=O) groups excluding carboxylic acids is 1. The average Bonchev–Trinajstić information content (AvgIpc) is 2.57. The van der Waals surface area contributed by atoms with Crippen molar-refractivity contribution in [2.45, 2.75) is 18.9 Å². The molecule has 0 unspecified atom stereocenters. The Morgan fingerprint density at radius 3 is 2.39 bits per heavy atom. The first-order chi connectivity index (χ1) is 10.8. The first kappa shape index (κ1) is 17.3. The summed E-state index contributed by atoms with van der Waals surface area (Å²) in [5, 5.41) is 6.40. The number of para-hydroxylation sites is 2. The molecule has 1 saturated heterocycles. The van der Waals surface area contributed by atoms with Gasteiger partial charge in [-0.2, -0.15) is 0 Å². The van der Waals surface area contributed by atoms with Gasteiger partial charge in [0.25, 0.3) is 5.91 Å². The van der Waals surface area contributed by atoms with Gasteiger partial charge in [0.1, 0.15) is 11.5 Å². The van der Waals surface area contributed by atoms with E-state index < -0.39 is 0 Å². The molecule has 23 heavy (non-hydrogen) atoms. The van der Waals surface area contributed by atoms with Crippen LogP contribution in [0.15, 0.2) is 54.6 Å². The molecular weight excluding hydrogens is 312 g/mol. The van der Waals surface area contributed by atoms with Gasteiger partial charge in [-0.05, 0) is 50.2 Å². The zero-order chi connectivity index (χ0) is 15.2. The summed E-state index contributed by atoms with van der Waals surface area (Å²) < 4.78 is 5.85. The highest BCUT2D eigenvalue weighted by molar-refractivity contribution is 5.97. The minimum atomic E-state index is -0.0709. The Balaban J connectivity index is 0.00000192. The highest BCUT2D eigenvalue weighted by atomic mass is 35.5. The van der Waals surface area contributed by atoms with Gasteiger partial charge >= 0.3 is 0 Å². The van der Waals surface area contributed by atoms with Crippen LogP contribution in [0.1, 0.15) is 23.2 Å². The second-order valence-corrected chi connectivity index (χ2v) is 5.41. The van der Waals surface area contributed by atoms with Crippen LogP contribution < -0.4 is 15.4 Å². The van der Waals surface area contributed by atoms with E-state index in [1.54, 1.807) is 6.07 Å². The van der Waals surface area contributed by atoms with Crippen molar-refractivity contribution in [3.63, 3.8) is 0 Å². The predicted molar refractivity (Wildman–Crippen MR) is 93.6 cm³/mol. The molecule has 4 nitrogen and oxygen atoms in total. The topological polar surface area (TPSA) is 50.4 Å². The van der Waals surface area contributed by atoms with E-state index in [1.807, 2.05) is 48.5 Å². The van der Waals surface area contributed by atoms with E-state index in [0.717, 1.165) is 31.7 Å². The fourth-order valence-electron chi connectivity index (χ4n) is 2.59. The van der Waals surface area contributed by atoms with Crippen LogP contribution in [0.25, 0.3) is 0 Å². The van der Waals surface area contributed by atoms with Gasteiger partial charge in [0, 0.05) is 6.04 Å². The third-order valence-corrected chi connectivity index (χ3v) is 3.78. The second-order valence-electron chi connectivity index (χ2n) is 5.41. The summed E-state index contributed by atoms with van der Waals surface area (Å²) in [5.74, 6) is 1.24. The first-order valence-corrected chi connectivity index (χ1v) is 7.66. The van der Waals surface area contributed by atoms with E-state index in [9.17, 15) is 4.79 Å². The van der Waals surface area contributed by atoms with Crippen molar-refractivity contribution in [2.75, 3.05) is 13.1 Å². The Morgan fingerprint density at radius 2 is 1.65 bits per heavy atom. The van der Waals surface area contributed by atoms with Crippen molar-refractivity contribution in [1.82, 2.24) is 10.6 Å². The SMILES string of the molecule is Cl.O=C(NC1CCNCC1)c1ccccc1Oc1ccccc1. The van der Waals surface area contributed by atoms with E-state index in [4.69, 9.17) is 4.74 Å². The molecule has 2 aromatic carbocycles. The molecule has 0 atom stereocenters. The Labute approximate surface area is 142 Å². The number of hydrogen-bond acceptors (Lipinski definition) is 3. The lowest BCUT2D eigenvalue weighted by Crippen LogP contribution is -2.42. The molecule has 0 aliphatic carbocycles. The summed E-state index contributed by atoms with van der Waals surface area (Å²) in [6.07, 6.45) is 1.93. The molecular formula is C18H21ClN2O2. The second kappa shape index (κ2) is 8.56. The van der Waals surface area contributed by atoms with E-state index >= 15 is 0 Å². The molecule has 0 radical (unpaired) electrons. The molecule has 0 spiro atoms. The fraction of sp³-hybridized carbons (Fsp3) is 0.278. The van der Waals surface area contributed by atoms with Crippen LogP contribution in [0.2, 0.25) is 0 Å². The van der Waals surface area contributed by atoms with Crippen LogP contribution in [0.5, 0.6) is 11.5 Å². The van der Waals surface area contributed by atoms with Crippen LogP contribution in [0.3, 0.4) is 0 Å². The number of ether oxygens (including phenoxy) is 1. The molecule has 5 heteroatoms. The van der Waals surface area contributed by atoms with Crippen molar-refractivity contribution >= 4 is 18.3 Å². The monoisotopic (exact) mass is 332 g/mol. The van der Waals surface area contributed by atoms with Gasteiger partial charge < -0.3 is 15.4 Å². The Morgan fingerprint density at radius 1 is 1.00 bits per heavy atom. The molecule has 122 valence electrons. The fourth-order valence-corrected chi connectivity index (χ4v) is 2.59. The van der Waals surface area contributed by atoms with Gasteiger partial charge in [0.05, 0.1) is 5.56 Å². The number of rotatable bonds is 4. The molecule has 0 saturated carbocycles. The lowest BCUT2D eigenvalue weighted by atomic mass is 10.1. The summed E-state index contributed by atoms with van der Waals surface area (Å²) in [5.41, 5.74) is 0.574. The number of halogens is 1. The Bertz CT molecular complexity index is 628. The maximum absolute atomic E-state index is 12.5. The van der Waals surface area contributed by atoms with Crippen molar-refractivity contribution in [1.29, 1.82) is 0 Å². The van der Waals surface area contributed by atoms with E-state index in [2.05, 4.69) is 10.6 Å². The molecule has 3 rings (SSSR count). The normalized spacial score (nSPS) is 14.6. The zero-order valence-corrected chi connectivity index (χ0v) is 13.6. The number of amides is 1. The van der Waals surface area contributed by atoms with E-state index in [-0.39, 0.29) is 24.4 Å². The average molecular weight is 333 g/mol. The minimum absolute atomic E-state index is 0. The molecule has 2 N–H and O–H groups in total. The lowest BCUT2D eigenvalue weighted by Gasteiger charge is -2.24. The Hall–Kier alpha value is -2.04. The summed E-state index contributed by atoms with van der Waals surface area (Å²) in [6, 6.07) is 17.1. The molecule has 0 aromatic heterocycles. The van der Waals surface area contributed by atoms with E-state index in [0.29, 0.717) is 11.3 Å². The number of benzene rings is 2. The third kappa shape index (κ3) is 4.71. The number of hydrogen-bond donors (Lipinski definition) is 2. The van der Waals surface area contributed by atoms with Crippen LogP contribution in [-0.2, 0) is 0 Å². The van der Waals surface area contributed by atoms with Crippen molar-refractivity contribution in [3.05, 3.63) is 60.2 Å². The maximum Gasteiger partial charge on any atom is 0.255 e. The lowest BCUT2D eigenvalue weighted by molar-refractivity contribution is 0.0927. The molecule has 1 amide bonds. The van der Waals surface area contributed by atoms with Crippen LogP contribution in [0.4, 0.5) is 0 Å². The maximum atomic E-state index is 12.5. The molecule has 2 aromatic rings. The minimum Gasteiger partial charge on any atom is -0.457 e. The number of carbonyl (C=O) groups is 1.